The molecule has 116 valence electrons. The van der Waals surface area contributed by atoms with E-state index in [0.29, 0.717) is 12.1 Å². The Bertz CT molecular complexity index is 654. The fraction of sp³-hybridized carbons (Fsp3) is 0.438. The van der Waals surface area contributed by atoms with Gasteiger partial charge in [-0.3, -0.25) is 9.78 Å². The molecule has 0 unspecified atom stereocenters. The van der Waals surface area contributed by atoms with Crippen LogP contribution < -0.4 is 4.90 Å². The van der Waals surface area contributed by atoms with Crippen LogP contribution in [0.5, 0.6) is 0 Å². The molecular weight excluding hydrogens is 280 g/mol. The van der Waals surface area contributed by atoms with Crippen LogP contribution in [0.15, 0.2) is 29.2 Å². The molecule has 0 atom stereocenters. The van der Waals surface area contributed by atoms with Crippen molar-refractivity contribution >= 4 is 11.7 Å². The highest BCUT2D eigenvalue weighted by atomic mass is 16.3. The molecule has 0 radical (unpaired) electrons. The summed E-state index contributed by atoms with van der Waals surface area (Å²) in [6, 6.07) is 1.71. The van der Waals surface area contributed by atoms with Crippen molar-refractivity contribution < 1.29 is 9.21 Å². The standard InChI is InChI=1S/C16H20N4O2/c1-12-10-17-13(2)15(18-12)19-5-3-6-20(8-7-19)16(21)14-4-9-22-11-14/h4,9-11H,3,5-8H2,1-2H3. The van der Waals surface area contributed by atoms with Crippen LogP contribution in [0.1, 0.15) is 28.2 Å². The van der Waals surface area contributed by atoms with Gasteiger partial charge in [-0.25, -0.2) is 4.98 Å². The van der Waals surface area contributed by atoms with Gasteiger partial charge in [-0.05, 0) is 26.3 Å². The highest BCUT2D eigenvalue weighted by Gasteiger charge is 2.22. The SMILES string of the molecule is Cc1cnc(C)c(N2CCCN(C(=O)c3ccoc3)CC2)n1. The zero-order valence-electron chi connectivity index (χ0n) is 13.0. The predicted octanol–water partition coefficient (Wildman–Crippen LogP) is 2.04. The molecule has 0 saturated carbocycles. The molecule has 0 bridgehead atoms. The summed E-state index contributed by atoms with van der Waals surface area (Å²) in [5.74, 6) is 0.959. The van der Waals surface area contributed by atoms with Crippen molar-refractivity contribution in [1.29, 1.82) is 0 Å². The van der Waals surface area contributed by atoms with E-state index in [2.05, 4.69) is 14.9 Å². The Hall–Kier alpha value is -2.37. The van der Waals surface area contributed by atoms with Gasteiger partial charge in [0.1, 0.15) is 12.1 Å². The highest BCUT2D eigenvalue weighted by Crippen LogP contribution is 2.18. The molecule has 0 spiro atoms. The van der Waals surface area contributed by atoms with Crippen LogP contribution >= 0.6 is 0 Å². The number of carbonyl (C=O) groups excluding carboxylic acids is 1. The molecule has 2 aromatic heterocycles. The van der Waals surface area contributed by atoms with Crippen molar-refractivity contribution in [2.45, 2.75) is 20.3 Å². The van der Waals surface area contributed by atoms with E-state index >= 15 is 0 Å². The Balaban J connectivity index is 1.72. The van der Waals surface area contributed by atoms with Crippen molar-refractivity contribution in [2.75, 3.05) is 31.1 Å². The minimum atomic E-state index is 0.0302. The molecule has 2 aromatic rings. The summed E-state index contributed by atoms with van der Waals surface area (Å²) in [4.78, 5) is 25.5. The lowest BCUT2D eigenvalue weighted by Crippen LogP contribution is -2.35. The quantitative estimate of drug-likeness (QED) is 0.849. The fourth-order valence-corrected chi connectivity index (χ4v) is 2.73. The number of aryl methyl sites for hydroxylation is 2. The largest absolute Gasteiger partial charge is 0.472 e. The molecule has 0 aliphatic carbocycles. The van der Waals surface area contributed by atoms with Crippen molar-refractivity contribution in [3.63, 3.8) is 0 Å². The van der Waals surface area contributed by atoms with Crippen LogP contribution in [0.3, 0.4) is 0 Å². The van der Waals surface area contributed by atoms with E-state index in [0.717, 1.165) is 43.3 Å². The average molecular weight is 300 g/mol. The minimum Gasteiger partial charge on any atom is -0.472 e. The second-order valence-corrected chi connectivity index (χ2v) is 5.57. The zero-order chi connectivity index (χ0) is 15.5. The molecule has 1 aliphatic rings. The topological polar surface area (TPSA) is 62.5 Å². The Morgan fingerprint density at radius 3 is 2.86 bits per heavy atom. The Morgan fingerprint density at radius 1 is 1.23 bits per heavy atom. The van der Waals surface area contributed by atoms with Crippen LogP contribution in [0.4, 0.5) is 5.82 Å². The van der Waals surface area contributed by atoms with Gasteiger partial charge in [0.15, 0.2) is 0 Å². The lowest BCUT2D eigenvalue weighted by molar-refractivity contribution is 0.0766. The molecule has 22 heavy (non-hydrogen) atoms. The summed E-state index contributed by atoms with van der Waals surface area (Å²) >= 11 is 0. The lowest BCUT2D eigenvalue weighted by atomic mass is 10.3. The van der Waals surface area contributed by atoms with Gasteiger partial charge < -0.3 is 14.2 Å². The maximum atomic E-state index is 12.4. The number of hydrogen-bond donors (Lipinski definition) is 0. The third kappa shape index (κ3) is 2.95. The van der Waals surface area contributed by atoms with Gasteiger partial charge in [0.25, 0.3) is 5.91 Å². The Labute approximate surface area is 129 Å². The average Bonchev–Trinajstić information content (AvgIpc) is 2.94. The van der Waals surface area contributed by atoms with Gasteiger partial charge in [-0.1, -0.05) is 0 Å². The van der Waals surface area contributed by atoms with E-state index in [9.17, 15) is 4.79 Å². The first kappa shape index (κ1) is 14.6. The van der Waals surface area contributed by atoms with Gasteiger partial charge >= 0.3 is 0 Å². The van der Waals surface area contributed by atoms with E-state index in [1.54, 1.807) is 12.3 Å². The number of aromatic nitrogens is 2. The van der Waals surface area contributed by atoms with E-state index in [-0.39, 0.29) is 5.91 Å². The van der Waals surface area contributed by atoms with Crippen molar-refractivity contribution in [2.24, 2.45) is 0 Å². The maximum absolute atomic E-state index is 12.4. The van der Waals surface area contributed by atoms with Crippen LogP contribution in [-0.4, -0.2) is 47.0 Å². The third-order valence-electron chi connectivity index (χ3n) is 3.90. The molecule has 3 rings (SSSR count). The van der Waals surface area contributed by atoms with E-state index in [1.165, 1.54) is 12.5 Å². The Morgan fingerprint density at radius 2 is 2.09 bits per heavy atom. The molecule has 6 heteroatoms. The number of carbonyl (C=O) groups is 1. The first-order valence-electron chi connectivity index (χ1n) is 7.52. The first-order valence-corrected chi connectivity index (χ1v) is 7.52. The number of hydrogen-bond acceptors (Lipinski definition) is 5. The first-order chi connectivity index (χ1) is 10.6. The van der Waals surface area contributed by atoms with Crippen molar-refractivity contribution in [1.82, 2.24) is 14.9 Å². The van der Waals surface area contributed by atoms with Gasteiger partial charge in [0.2, 0.25) is 0 Å². The molecule has 0 N–H and O–H groups in total. The molecule has 1 aliphatic heterocycles. The zero-order valence-corrected chi connectivity index (χ0v) is 13.0. The monoisotopic (exact) mass is 300 g/mol. The third-order valence-corrected chi connectivity index (χ3v) is 3.90. The second-order valence-electron chi connectivity index (χ2n) is 5.57. The van der Waals surface area contributed by atoms with Crippen LogP contribution in [0, 0.1) is 13.8 Å². The minimum absolute atomic E-state index is 0.0302. The second kappa shape index (κ2) is 6.17. The fourth-order valence-electron chi connectivity index (χ4n) is 2.73. The summed E-state index contributed by atoms with van der Waals surface area (Å²) < 4.78 is 5.00. The Kier molecular flexibility index (Phi) is 4.09. The van der Waals surface area contributed by atoms with Gasteiger partial charge in [-0.2, -0.15) is 0 Å². The predicted molar refractivity (Wildman–Crippen MR) is 82.9 cm³/mol. The van der Waals surface area contributed by atoms with Crippen molar-refractivity contribution in [3.05, 3.63) is 41.7 Å². The van der Waals surface area contributed by atoms with Gasteiger partial charge in [-0.15, -0.1) is 0 Å². The normalized spacial score (nSPS) is 15.7. The molecular formula is C16H20N4O2. The van der Waals surface area contributed by atoms with E-state index in [4.69, 9.17) is 4.42 Å². The number of rotatable bonds is 2. The summed E-state index contributed by atoms with van der Waals surface area (Å²) in [5, 5.41) is 0. The van der Waals surface area contributed by atoms with Crippen molar-refractivity contribution in [3.8, 4) is 0 Å². The summed E-state index contributed by atoms with van der Waals surface area (Å²) in [6.07, 6.45) is 5.73. The molecule has 1 amide bonds. The molecule has 6 nitrogen and oxygen atoms in total. The molecule has 1 saturated heterocycles. The van der Waals surface area contributed by atoms with E-state index in [1.807, 2.05) is 18.7 Å². The smallest absolute Gasteiger partial charge is 0.257 e. The van der Waals surface area contributed by atoms with Crippen LogP contribution in [0.2, 0.25) is 0 Å². The number of amides is 1. The van der Waals surface area contributed by atoms with Crippen LogP contribution in [0.25, 0.3) is 0 Å². The van der Waals surface area contributed by atoms with Crippen LogP contribution in [-0.2, 0) is 0 Å². The lowest BCUT2D eigenvalue weighted by Gasteiger charge is -2.23. The van der Waals surface area contributed by atoms with Gasteiger partial charge in [0.05, 0.1) is 23.2 Å². The summed E-state index contributed by atoms with van der Waals surface area (Å²) in [5.41, 5.74) is 2.45. The molecule has 0 aromatic carbocycles. The number of anilines is 1. The summed E-state index contributed by atoms with van der Waals surface area (Å²) in [7, 11) is 0. The maximum Gasteiger partial charge on any atom is 0.257 e. The highest BCUT2D eigenvalue weighted by molar-refractivity contribution is 5.93. The van der Waals surface area contributed by atoms with Gasteiger partial charge in [0, 0.05) is 32.4 Å². The van der Waals surface area contributed by atoms with E-state index < -0.39 is 0 Å². The molecule has 3 heterocycles. The summed E-state index contributed by atoms with van der Waals surface area (Å²) in [6.45, 7) is 7.00. The molecule has 1 fully saturated rings. The number of furan rings is 1. The number of nitrogens with zero attached hydrogens (tertiary/aromatic N) is 4.